The van der Waals surface area contributed by atoms with Crippen molar-refractivity contribution in [1.29, 1.82) is 0 Å². The van der Waals surface area contributed by atoms with Crippen LogP contribution in [-0.4, -0.2) is 26.7 Å². The Hall–Kier alpha value is -2.50. The van der Waals surface area contributed by atoms with E-state index in [-0.39, 0.29) is 11.7 Å². The molecule has 1 amide bonds. The van der Waals surface area contributed by atoms with E-state index in [1.165, 1.54) is 17.2 Å². The van der Waals surface area contributed by atoms with Crippen molar-refractivity contribution >= 4 is 17.4 Å². The number of hydrogen-bond donors (Lipinski definition) is 1. The van der Waals surface area contributed by atoms with E-state index in [0.29, 0.717) is 11.4 Å². The number of carbonyl (C=O) groups excluding carboxylic acids is 2. The number of nitrogens with one attached hydrogen (secondary N) is 1. The number of hydrogen-bond acceptors (Lipinski definition) is 4. The van der Waals surface area contributed by atoms with Crippen molar-refractivity contribution in [3.05, 3.63) is 41.2 Å². The van der Waals surface area contributed by atoms with Crippen molar-refractivity contribution < 1.29 is 9.59 Å². The van der Waals surface area contributed by atoms with E-state index < -0.39 is 6.04 Å². The molecule has 2 aromatic rings. The molecular weight excluding hydrogens is 280 g/mol. The van der Waals surface area contributed by atoms with Crippen molar-refractivity contribution in [2.45, 2.75) is 40.2 Å². The van der Waals surface area contributed by atoms with Gasteiger partial charge in [0.15, 0.2) is 11.5 Å². The summed E-state index contributed by atoms with van der Waals surface area (Å²) in [6.45, 7) is 6.97. The number of ketones is 1. The molecule has 0 bridgehead atoms. The fourth-order valence-corrected chi connectivity index (χ4v) is 2.22. The molecule has 1 aromatic carbocycles. The highest BCUT2D eigenvalue weighted by Gasteiger charge is 2.21. The van der Waals surface area contributed by atoms with Gasteiger partial charge in [-0.25, -0.2) is 4.68 Å². The molecule has 1 aromatic heterocycles. The van der Waals surface area contributed by atoms with Crippen LogP contribution in [0.5, 0.6) is 0 Å². The van der Waals surface area contributed by atoms with Crippen LogP contribution in [0.15, 0.2) is 24.3 Å². The van der Waals surface area contributed by atoms with E-state index in [4.69, 9.17) is 0 Å². The number of aromatic nitrogens is 3. The minimum Gasteiger partial charge on any atom is -0.324 e. The van der Waals surface area contributed by atoms with Crippen molar-refractivity contribution in [1.82, 2.24) is 15.0 Å². The van der Waals surface area contributed by atoms with Crippen LogP contribution in [0.4, 0.5) is 5.69 Å². The topological polar surface area (TPSA) is 76.9 Å². The minimum atomic E-state index is -0.550. The van der Waals surface area contributed by atoms with E-state index >= 15 is 0 Å². The minimum absolute atomic E-state index is 0.161. The molecule has 0 saturated carbocycles. The fraction of sp³-hybridized carbons (Fsp3) is 0.375. The molecule has 6 heteroatoms. The standard InChI is InChI=1S/C16H20N4O2/c1-5-13-6-8-14(9-7-13)17-16(22)11(3)20-10(2)15(12(4)21)18-19-20/h6-9,11H,5H2,1-4H3,(H,17,22). The summed E-state index contributed by atoms with van der Waals surface area (Å²) in [6, 6.07) is 7.16. The van der Waals surface area contributed by atoms with Crippen LogP contribution in [-0.2, 0) is 11.2 Å². The van der Waals surface area contributed by atoms with Gasteiger partial charge in [-0.2, -0.15) is 0 Å². The van der Waals surface area contributed by atoms with Crippen LogP contribution >= 0.6 is 0 Å². The molecule has 2 rings (SSSR count). The Bertz CT molecular complexity index is 689. The Morgan fingerprint density at radius 1 is 1.27 bits per heavy atom. The summed E-state index contributed by atoms with van der Waals surface area (Å²) in [5, 5.41) is 10.6. The third-order valence-electron chi connectivity index (χ3n) is 3.64. The van der Waals surface area contributed by atoms with Crippen LogP contribution in [0.25, 0.3) is 0 Å². The lowest BCUT2D eigenvalue weighted by atomic mass is 10.1. The van der Waals surface area contributed by atoms with Crippen LogP contribution in [0.2, 0.25) is 0 Å². The maximum absolute atomic E-state index is 12.3. The first kappa shape index (κ1) is 15.9. The Kier molecular flexibility index (Phi) is 4.70. The SMILES string of the molecule is CCc1ccc(NC(=O)C(C)n2nnc(C(C)=O)c2C)cc1. The van der Waals surface area contributed by atoms with E-state index in [1.807, 2.05) is 24.3 Å². The van der Waals surface area contributed by atoms with Gasteiger partial charge in [-0.1, -0.05) is 24.3 Å². The summed E-state index contributed by atoms with van der Waals surface area (Å²) in [5.74, 6) is -0.362. The molecule has 1 N–H and O–H groups in total. The molecule has 0 aliphatic heterocycles. The van der Waals surface area contributed by atoms with Crippen LogP contribution < -0.4 is 5.32 Å². The fourth-order valence-electron chi connectivity index (χ4n) is 2.22. The molecule has 22 heavy (non-hydrogen) atoms. The number of amides is 1. The first-order valence-electron chi connectivity index (χ1n) is 7.26. The van der Waals surface area contributed by atoms with Gasteiger partial charge >= 0.3 is 0 Å². The summed E-state index contributed by atoms with van der Waals surface area (Å²) in [7, 11) is 0. The average Bonchev–Trinajstić information content (AvgIpc) is 2.89. The second-order valence-corrected chi connectivity index (χ2v) is 5.24. The number of benzene rings is 1. The first-order chi connectivity index (χ1) is 10.4. The monoisotopic (exact) mass is 300 g/mol. The number of anilines is 1. The smallest absolute Gasteiger partial charge is 0.249 e. The van der Waals surface area contributed by atoms with Gasteiger partial charge in [0.1, 0.15) is 6.04 Å². The summed E-state index contributed by atoms with van der Waals surface area (Å²) < 4.78 is 1.46. The van der Waals surface area contributed by atoms with E-state index in [1.54, 1.807) is 13.8 Å². The highest BCUT2D eigenvalue weighted by atomic mass is 16.2. The molecule has 1 unspecified atom stereocenters. The molecule has 6 nitrogen and oxygen atoms in total. The van der Waals surface area contributed by atoms with Gasteiger partial charge in [0.05, 0.1) is 5.69 Å². The zero-order chi connectivity index (χ0) is 16.3. The quantitative estimate of drug-likeness (QED) is 0.861. The largest absolute Gasteiger partial charge is 0.324 e. The summed E-state index contributed by atoms with van der Waals surface area (Å²) in [5.41, 5.74) is 2.84. The molecule has 1 atom stereocenters. The van der Waals surface area contributed by atoms with Crippen LogP contribution in [0, 0.1) is 6.92 Å². The zero-order valence-electron chi connectivity index (χ0n) is 13.3. The van der Waals surface area contributed by atoms with Gasteiger partial charge in [0.2, 0.25) is 5.91 Å². The second kappa shape index (κ2) is 6.51. The van der Waals surface area contributed by atoms with E-state index in [2.05, 4.69) is 22.6 Å². The molecular formula is C16H20N4O2. The molecule has 1 heterocycles. The average molecular weight is 300 g/mol. The highest BCUT2D eigenvalue weighted by molar-refractivity contribution is 5.95. The molecule has 0 fully saturated rings. The Balaban J connectivity index is 2.13. The predicted octanol–water partition coefficient (Wildman–Crippen LogP) is 2.55. The Labute approximate surface area is 129 Å². The van der Waals surface area contributed by atoms with Gasteiger partial charge < -0.3 is 5.32 Å². The number of Topliss-reactive ketones (excluding diaryl/α,β-unsaturated/α-hetero) is 1. The number of aryl methyl sites for hydroxylation is 1. The van der Waals surface area contributed by atoms with Crippen LogP contribution in [0.1, 0.15) is 48.6 Å². The van der Waals surface area contributed by atoms with Crippen molar-refractivity contribution in [2.24, 2.45) is 0 Å². The van der Waals surface area contributed by atoms with Gasteiger partial charge in [0, 0.05) is 12.6 Å². The summed E-state index contributed by atoms with van der Waals surface area (Å²) in [6.07, 6.45) is 0.955. The molecule has 0 spiro atoms. The van der Waals surface area contributed by atoms with Crippen molar-refractivity contribution in [3.63, 3.8) is 0 Å². The Morgan fingerprint density at radius 2 is 1.91 bits per heavy atom. The molecule has 0 saturated heterocycles. The first-order valence-corrected chi connectivity index (χ1v) is 7.26. The summed E-state index contributed by atoms with van der Waals surface area (Å²) >= 11 is 0. The number of carbonyl (C=O) groups is 2. The lowest BCUT2D eigenvalue weighted by Gasteiger charge is -2.14. The molecule has 0 aliphatic rings. The zero-order valence-corrected chi connectivity index (χ0v) is 13.3. The molecule has 0 radical (unpaired) electrons. The molecule has 0 aliphatic carbocycles. The lowest BCUT2D eigenvalue weighted by Crippen LogP contribution is -2.25. The van der Waals surface area contributed by atoms with Crippen molar-refractivity contribution in [2.75, 3.05) is 5.32 Å². The third kappa shape index (κ3) is 3.21. The normalized spacial score (nSPS) is 12.0. The predicted molar refractivity (Wildman–Crippen MR) is 83.9 cm³/mol. The Morgan fingerprint density at radius 3 is 2.41 bits per heavy atom. The van der Waals surface area contributed by atoms with E-state index in [9.17, 15) is 9.59 Å². The van der Waals surface area contributed by atoms with Gasteiger partial charge in [-0.05, 0) is 38.0 Å². The third-order valence-corrected chi connectivity index (χ3v) is 3.64. The number of rotatable bonds is 5. The maximum Gasteiger partial charge on any atom is 0.249 e. The maximum atomic E-state index is 12.3. The van der Waals surface area contributed by atoms with Crippen molar-refractivity contribution in [3.8, 4) is 0 Å². The summed E-state index contributed by atoms with van der Waals surface area (Å²) in [4.78, 5) is 23.7. The lowest BCUT2D eigenvalue weighted by molar-refractivity contribution is -0.119. The number of nitrogens with zero attached hydrogens (tertiary/aromatic N) is 3. The van der Waals surface area contributed by atoms with Crippen LogP contribution in [0.3, 0.4) is 0 Å². The highest BCUT2D eigenvalue weighted by Crippen LogP contribution is 2.15. The van der Waals surface area contributed by atoms with Gasteiger partial charge in [-0.3, -0.25) is 9.59 Å². The van der Waals surface area contributed by atoms with E-state index in [0.717, 1.165) is 12.1 Å². The van der Waals surface area contributed by atoms with Gasteiger partial charge in [-0.15, -0.1) is 5.10 Å². The molecule has 116 valence electrons. The second-order valence-electron chi connectivity index (χ2n) is 5.24. The van der Waals surface area contributed by atoms with Gasteiger partial charge in [0.25, 0.3) is 0 Å².